The zero-order valence-corrected chi connectivity index (χ0v) is 20.8. The third-order valence-electron chi connectivity index (χ3n) is 6.99. The number of piperazine rings is 1. The number of aliphatic hydroxyl groups excluding tert-OH is 1. The molecule has 1 unspecified atom stereocenters. The van der Waals surface area contributed by atoms with E-state index in [0.717, 1.165) is 11.4 Å². The molecule has 1 fully saturated rings. The fourth-order valence-electron chi connectivity index (χ4n) is 4.95. The average Bonchev–Trinajstić information content (AvgIpc) is 2.98. The van der Waals surface area contributed by atoms with Crippen molar-refractivity contribution in [3.63, 3.8) is 0 Å². The predicted molar refractivity (Wildman–Crippen MR) is 140 cm³/mol. The SMILES string of the molecule is COc1ccccc1N1CCN(C(=O)C(CO)NC(=O)c2ccc3c(c2)C(=O)c2ccccc2C3=O)CC1. The number of hydrogen-bond acceptors (Lipinski definition) is 7. The van der Waals surface area contributed by atoms with Gasteiger partial charge in [0.15, 0.2) is 11.6 Å². The molecule has 194 valence electrons. The molecule has 5 rings (SSSR count). The summed E-state index contributed by atoms with van der Waals surface area (Å²) in [4.78, 5) is 55.7. The van der Waals surface area contributed by atoms with Gasteiger partial charge < -0.3 is 25.0 Å². The number of para-hydroxylation sites is 2. The lowest BCUT2D eigenvalue weighted by atomic mass is 9.83. The smallest absolute Gasteiger partial charge is 0.252 e. The normalized spacial score (nSPS) is 15.4. The molecular formula is C29H27N3O6. The maximum Gasteiger partial charge on any atom is 0.252 e. The number of benzene rings is 3. The van der Waals surface area contributed by atoms with E-state index in [1.54, 1.807) is 36.3 Å². The maximum atomic E-state index is 13.1. The molecule has 2 amide bonds. The molecule has 0 saturated carbocycles. The summed E-state index contributed by atoms with van der Waals surface area (Å²) in [5.41, 5.74) is 2.06. The summed E-state index contributed by atoms with van der Waals surface area (Å²) < 4.78 is 5.44. The first-order valence-corrected chi connectivity index (χ1v) is 12.3. The third-order valence-corrected chi connectivity index (χ3v) is 6.99. The van der Waals surface area contributed by atoms with Crippen LogP contribution in [0, 0.1) is 0 Å². The summed E-state index contributed by atoms with van der Waals surface area (Å²) >= 11 is 0. The van der Waals surface area contributed by atoms with Gasteiger partial charge >= 0.3 is 0 Å². The van der Waals surface area contributed by atoms with Gasteiger partial charge in [0.1, 0.15) is 11.8 Å². The van der Waals surface area contributed by atoms with Crippen LogP contribution in [0.25, 0.3) is 0 Å². The van der Waals surface area contributed by atoms with Crippen molar-refractivity contribution in [3.8, 4) is 5.75 Å². The van der Waals surface area contributed by atoms with Gasteiger partial charge in [0.25, 0.3) is 5.91 Å². The number of methoxy groups -OCH3 is 1. The number of rotatable bonds is 6. The van der Waals surface area contributed by atoms with Crippen LogP contribution in [-0.2, 0) is 4.79 Å². The van der Waals surface area contributed by atoms with Crippen LogP contribution in [0.2, 0.25) is 0 Å². The molecule has 1 saturated heterocycles. The number of ketones is 2. The number of carbonyl (C=O) groups is 4. The number of anilines is 1. The Bertz CT molecular complexity index is 1430. The summed E-state index contributed by atoms with van der Waals surface area (Å²) in [6, 6.07) is 17.3. The lowest BCUT2D eigenvalue weighted by molar-refractivity contribution is -0.134. The first-order chi connectivity index (χ1) is 18.4. The van der Waals surface area contributed by atoms with E-state index < -0.39 is 24.5 Å². The summed E-state index contributed by atoms with van der Waals surface area (Å²) in [7, 11) is 1.61. The van der Waals surface area contributed by atoms with E-state index in [0.29, 0.717) is 37.3 Å². The molecule has 9 nitrogen and oxygen atoms in total. The molecule has 0 aromatic heterocycles. The van der Waals surface area contributed by atoms with Crippen LogP contribution in [0.1, 0.15) is 42.2 Å². The van der Waals surface area contributed by atoms with E-state index in [9.17, 15) is 24.3 Å². The minimum absolute atomic E-state index is 0.122. The summed E-state index contributed by atoms with van der Waals surface area (Å²) in [6.07, 6.45) is 0. The molecule has 0 bridgehead atoms. The molecule has 3 aromatic carbocycles. The number of ether oxygens (including phenoxy) is 1. The topological polar surface area (TPSA) is 116 Å². The van der Waals surface area contributed by atoms with Gasteiger partial charge in [-0.05, 0) is 30.3 Å². The van der Waals surface area contributed by atoms with Gasteiger partial charge in [-0.3, -0.25) is 19.2 Å². The lowest BCUT2D eigenvalue weighted by Crippen LogP contribution is -2.56. The zero-order valence-electron chi connectivity index (χ0n) is 20.8. The van der Waals surface area contributed by atoms with Crippen molar-refractivity contribution in [3.05, 3.63) is 94.5 Å². The first-order valence-electron chi connectivity index (χ1n) is 12.3. The molecule has 1 atom stereocenters. The maximum absolute atomic E-state index is 13.1. The molecule has 1 heterocycles. The Kier molecular flexibility index (Phi) is 6.93. The van der Waals surface area contributed by atoms with E-state index in [1.165, 1.54) is 18.2 Å². The van der Waals surface area contributed by atoms with Gasteiger partial charge in [-0.1, -0.05) is 36.4 Å². The van der Waals surface area contributed by atoms with Crippen molar-refractivity contribution >= 4 is 29.1 Å². The van der Waals surface area contributed by atoms with Crippen LogP contribution >= 0.6 is 0 Å². The van der Waals surface area contributed by atoms with Crippen LogP contribution < -0.4 is 15.0 Å². The number of amides is 2. The lowest BCUT2D eigenvalue weighted by Gasteiger charge is -2.37. The predicted octanol–water partition coefficient (Wildman–Crippen LogP) is 1.91. The second-order valence-electron chi connectivity index (χ2n) is 9.16. The quantitative estimate of drug-likeness (QED) is 0.405. The number of aliphatic hydroxyl groups is 1. The minimum Gasteiger partial charge on any atom is -0.495 e. The highest BCUT2D eigenvalue weighted by atomic mass is 16.5. The van der Waals surface area contributed by atoms with E-state index in [2.05, 4.69) is 10.2 Å². The van der Waals surface area contributed by atoms with Crippen molar-refractivity contribution < 1.29 is 29.0 Å². The molecule has 0 radical (unpaired) electrons. The van der Waals surface area contributed by atoms with Gasteiger partial charge in [0, 0.05) is 54.0 Å². The standard InChI is InChI=1S/C29H27N3O6/c1-38-25-9-5-4-8-24(25)31-12-14-32(15-13-31)29(37)23(17-33)30-28(36)18-10-11-21-22(16-18)27(35)20-7-3-2-6-19(20)26(21)34/h2-11,16,23,33H,12-15,17H2,1H3,(H,30,36). The molecule has 38 heavy (non-hydrogen) atoms. The van der Waals surface area contributed by atoms with E-state index in [4.69, 9.17) is 4.74 Å². The van der Waals surface area contributed by atoms with E-state index in [1.807, 2.05) is 24.3 Å². The molecule has 3 aromatic rings. The summed E-state index contributed by atoms with van der Waals surface area (Å²) in [5.74, 6) is -0.877. The fourth-order valence-corrected chi connectivity index (χ4v) is 4.95. The van der Waals surface area contributed by atoms with Crippen LogP contribution in [-0.4, -0.2) is 79.3 Å². The highest BCUT2D eigenvalue weighted by molar-refractivity contribution is 6.28. The van der Waals surface area contributed by atoms with Gasteiger partial charge in [0.05, 0.1) is 19.4 Å². The second-order valence-corrected chi connectivity index (χ2v) is 9.16. The number of nitrogens with zero attached hydrogens (tertiary/aromatic N) is 2. The van der Waals surface area contributed by atoms with E-state index in [-0.39, 0.29) is 28.3 Å². The highest BCUT2D eigenvalue weighted by Crippen LogP contribution is 2.29. The Hall–Kier alpha value is -4.50. The Morgan fingerprint density at radius 3 is 2.13 bits per heavy atom. The largest absolute Gasteiger partial charge is 0.495 e. The number of fused-ring (bicyclic) bond motifs is 2. The van der Waals surface area contributed by atoms with E-state index >= 15 is 0 Å². The van der Waals surface area contributed by atoms with Crippen LogP contribution in [0.4, 0.5) is 5.69 Å². The highest BCUT2D eigenvalue weighted by Gasteiger charge is 2.32. The number of hydrogen-bond donors (Lipinski definition) is 2. The number of nitrogens with one attached hydrogen (secondary N) is 1. The summed E-state index contributed by atoms with van der Waals surface area (Å²) in [6.45, 7) is 1.39. The Morgan fingerprint density at radius 2 is 1.47 bits per heavy atom. The molecule has 1 aliphatic heterocycles. The molecule has 9 heteroatoms. The second kappa shape index (κ2) is 10.5. The fraction of sp³-hybridized carbons (Fsp3) is 0.241. The average molecular weight is 514 g/mol. The molecule has 1 aliphatic carbocycles. The van der Waals surface area contributed by atoms with Crippen molar-refractivity contribution in [2.24, 2.45) is 0 Å². The first kappa shape index (κ1) is 25.2. The monoisotopic (exact) mass is 513 g/mol. The van der Waals surface area contributed by atoms with Crippen LogP contribution in [0.3, 0.4) is 0 Å². The minimum atomic E-state index is -1.14. The van der Waals surface area contributed by atoms with Crippen LogP contribution in [0.5, 0.6) is 5.75 Å². The Balaban J connectivity index is 1.26. The molecule has 2 N–H and O–H groups in total. The zero-order chi connectivity index (χ0) is 26.8. The van der Waals surface area contributed by atoms with Gasteiger partial charge in [0.2, 0.25) is 5.91 Å². The Labute approximate surface area is 219 Å². The molecule has 0 spiro atoms. The Morgan fingerprint density at radius 1 is 0.868 bits per heavy atom. The molecule has 2 aliphatic rings. The van der Waals surface area contributed by atoms with Gasteiger partial charge in [-0.15, -0.1) is 0 Å². The number of carbonyl (C=O) groups excluding carboxylic acids is 4. The molecular weight excluding hydrogens is 486 g/mol. The van der Waals surface area contributed by atoms with Gasteiger partial charge in [-0.2, -0.15) is 0 Å². The van der Waals surface area contributed by atoms with Crippen molar-refractivity contribution in [1.82, 2.24) is 10.2 Å². The summed E-state index contributed by atoms with van der Waals surface area (Å²) in [5, 5.41) is 12.5. The van der Waals surface area contributed by atoms with Crippen molar-refractivity contribution in [1.29, 1.82) is 0 Å². The van der Waals surface area contributed by atoms with Gasteiger partial charge in [-0.25, -0.2) is 0 Å². The van der Waals surface area contributed by atoms with Crippen molar-refractivity contribution in [2.75, 3.05) is 44.8 Å². The van der Waals surface area contributed by atoms with Crippen LogP contribution in [0.15, 0.2) is 66.7 Å². The van der Waals surface area contributed by atoms with Crippen molar-refractivity contribution in [2.45, 2.75) is 6.04 Å². The third kappa shape index (κ3) is 4.52.